The Morgan fingerprint density at radius 3 is 1.53 bits per heavy atom. The summed E-state index contributed by atoms with van der Waals surface area (Å²) in [6.45, 7) is 13.3. The fraction of sp³-hybridized carbons (Fsp3) is 0.491. The average Bonchev–Trinajstić information content (AvgIpc) is 4.34. The van der Waals surface area contributed by atoms with Gasteiger partial charge in [-0.05, 0) is 115 Å². The summed E-state index contributed by atoms with van der Waals surface area (Å²) in [6.07, 6.45) is 13.6. The largest absolute Gasteiger partial charge is 0.391 e. The number of amidine groups is 2. The maximum atomic E-state index is 11.7. The third-order valence-electron chi connectivity index (χ3n) is 15.5. The van der Waals surface area contributed by atoms with Crippen molar-refractivity contribution < 1.29 is 19.7 Å². The van der Waals surface area contributed by atoms with E-state index in [-0.39, 0.29) is 29.3 Å². The highest BCUT2D eigenvalue weighted by molar-refractivity contribution is 9.10. The number of piperidine rings is 1. The fourth-order valence-electron chi connectivity index (χ4n) is 11.3. The van der Waals surface area contributed by atoms with Gasteiger partial charge in [0.1, 0.15) is 24.0 Å². The maximum Gasteiger partial charge on any atom is 0.248 e. The van der Waals surface area contributed by atoms with Crippen LogP contribution in [0.4, 0.5) is 17.6 Å². The van der Waals surface area contributed by atoms with Crippen molar-refractivity contribution >= 4 is 92.1 Å². The molecule has 9 heterocycles. The minimum Gasteiger partial charge on any atom is -0.391 e. The summed E-state index contributed by atoms with van der Waals surface area (Å²) >= 11 is 15.7. The minimum absolute atomic E-state index is 0.0266. The SMILES string of the molecule is CC1N=CC(Nc2nc3c(Br)cccn3n2)=N1.CC1N=CC(Nc2nc3c(N4CCC(c5ccc(Cl)cc5)(C(O)CN5CCOCC5)CC4)cccn3n2)=N1.OC(CN1CCOCC1)C1(c2ccc(Cl)cc2)CCCCC1. The van der Waals surface area contributed by atoms with E-state index in [9.17, 15) is 10.2 Å². The molecule has 0 bridgehead atoms. The summed E-state index contributed by atoms with van der Waals surface area (Å²) < 4.78 is 15.3. The first kappa shape index (κ1) is 54.9. The van der Waals surface area contributed by atoms with E-state index in [4.69, 9.17) is 37.7 Å². The number of fused-ring (bicyclic) bond motifs is 2. The molecule has 4 unspecified atom stereocenters. The van der Waals surface area contributed by atoms with Crippen LogP contribution < -0.4 is 15.5 Å². The van der Waals surface area contributed by atoms with Gasteiger partial charge in [0.05, 0.1) is 61.2 Å². The number of β-amino-alcohol motifs (C(OH)–C–C–N with tert-alkyl or cyclic N) is 2. The Morgan fingerprint density at radius 1 is 0.610 bits per heavy atom. The molecule has 4 aromatic heterocycles. The van der Waals surface area contributed by atoms with Gasteiger partial charge in [0.2, 0.25) is 11.9 Å². The highest BCUT2D eigenvalue weighted by atomic mass is 79.9. The normalized spacial score (nSPS) is 22.1. The van der Waals surface area contributed by atoms with E-state index in [2.05, 4.69) is 107 Å². The topological polar surface area (TPSA) is 203 Å². The lowest BCUT2D eigenvalue weighted by Crippen LogP contribution is -2.54. The van der Waals surface area contributed by atoms with E-state index < -0.39 is 6.10 Å². The van der Waals surface area contributed by atoms with E-state index in [1.807, 2.05) is 68.7 Å². The van der Waals surface area contributed by atoms with Crippen LogP contribution in [0.1, 0.15) is 69.9 Å². The highest BCUT2D eigenvalue weighted by Crippen LogP contribution is 2.44. The molecule has 12 rings (SSSR count). The zero-order chi connectivity index (χ0) is 53.4. The number of benzene rings is 2. The van der Waals surface area contributed by atoms with Crippen molar-refractivity contribution in [2.45, 2.75) is 94.2 Å². The molecule has 4 atom stereocenters. The van der Waals surface area contributed by atoms with Gasteiger partial charge in [-0.3, -0.25) is 19.8 Å². The van der Waals surface area contributed by atoms with Gasteiger partial charge in [0.15, 0.2) is 11.3 Å². The quantitative estimate of drug-likeness (QED) is 0.0979. The van der Waals surface area contributed by atoms with Gasteiger partial charge >= 0.3 is 0 Å². The molecule has 19 nitrogen and oxygen atoms in total. The summed E-state index contributed by atoms with van der Waals surface area (Å²) in [5.74, 6) is 2.35. The van der Waals surface area contributed by atoms with Gasteiger partial charge < -0.3 is 35.2 Å². The Morgan fingerprint density at radius 2 is 1.06 bits per heavy atom. The summed E-state index contributed by atoms with van der Waals surface area (Å²) in [6, 6.07) is 24.0. The Bertz CT molecular complexity index is 3040. The van der Waals surface area contributed by atoms with E-state index in [0.717, 1.165) is 117 Å². The van der Waals surface area contributed by atoms with Crippen LogP contribution in [0.25, 0.3) is 11.3 Å². The van der Waals surface area contributed by atoms with Crippen LogP contribution in [0.5, 0.6) is 0 Å². The lowest BCUT2D eigenvalue weighted by Gasteiger charge is -2.47. The van der Waals surface area contributed by atoms with E-state index in [1.165, 1.54) is 24.8 Å². The Kier molecular flexibility index (Phi) is 17.9. The predicted octanol–water partition coefficient (Wildman–Crippen LogP) is 7.82. The number of ether oxygens (including phenoxy) is 2. The lowest BCUT2D eigenvalue weighted by atomic mass is 9.66. The molecule has 1 aliphatic carbocycles. The molecular formula is C55H68BrCl2N15O4. The van der Waals surface area contributed by atoms with Crippen LogP contribution >= 0.6 is 39.1 Å². The van der Waals surface area contributed by atoms with Gasteiger partial charge in [-0.1, -0.05) is 66.7 Å². The first-order valence-corrected chi connectivity index (χ1v) is 28.3. The number of halogens is 3. The second-order valence-corrected chi connectivity index (χ2v) is 22.2. The molecule has 77 heavy (non-hydrogen) atoms. The monoisotopic (exact) mass is 1150 g/mol. The molecule has 3 saturated heterocycles. The molecule has 4 N–H and O–H groups in total. The predicted molar refractivity (Wildman–Crippen MR) is 309 cm³/mol. The number of aromatic nitrogens is 6. The molecule has 0 spiro atoms. The summed E-state index contributed by atoms with van der Waals surface area (Å²) in [7, 11) is 0. The standard InChI is InChI=1S/C27H33ClN8O2.C18H26ClNO2.C10H9BrN6/c1-19-29-17-24(30-19)31-26-32-25-22(3-2-10-36(25)33-26)35-11-8-27(9-12-35,20-4-6-21(28)7-5-20)23(37)18-34-13-15-38-16-14-34;19-16-6-4-15(5-7-16)18(8-2-1-3-9-18)17(21)14-20-10-12-22-13-11-20;1-6-12-5-8(13-6)14-10-15-9-7(11)3-2-4-17(9)16-10/h2-7,10,17,19,23,37H,8-9,11-16,18H2,1H3,(H,30,31,33);4-7,17,21H,1-3,8-14H2;2-6H,1H3,(H,13,14,16). The molecule has 22 heteroatoms. The number of rotatable bonds is 11. The molecule has 4 fully saturated rings. The van der Waals surface area contributed by atoms with Crippen molar-refractivity contribution in [3.05, 3.63) is 111 Å². The zero-order valence-corrected chi connectivity index (χ0v) is 46.7. The number of aliphatic hydroxyl groups is 2. The number of hydrogen-bond acceptors (Lipinski definition) is 17. The first-order valence-electron chi connectivity index (χ1n) is 26.8. The summed E-state index contributed by atoms with van der Waals surface area (Å²) in [5.41, 5.74) is 4.49. The van der Waals surface area contributed by atoms with Crippen LogP contribution in [0.2, 0.25) is 10.0 Å². The fourth-order valence-corrected chi connectivity index (χ4v) is 12.0. The van der Waals surface area contributed by atoms with Crippen molar-refractivity contribution in [1.29, 1.82) is 0 Å². The van der Waals surface area contributed by atoms with E-state index >= 15 is 0 Å². The molecular weight excluding hydrogens is 1090 g/mol. The van der Waals surface area contributed by atoms with Crippen LogP contribution in [-0.4, -0.2) is 177 Å². The smallest absolute Gasteiger partial charge is 0.248 e. The molecule has 6 aromatic rings. The molecule has 408 valence electrons. The number of hydrogen-bond donors (Lipinski definition) is 4. The number of nitrogens with one attached hydrogen (secondary N) is 2. The number of pyridine rings is 2. The van der Waals surface area contributed by atoms with E-state index in [1.54, 1.807) is 21.5 Å². The molecule has 5 aliphatic heterocycles. The number of morpholine rings is 2. The number of aliphatic imine (C=N–C) groups is 4. The summed E-state index contributed by atoms with van der Waals surface area (Å²) in [4.78, 5) is 33.2. The Labute approximate surface area is 467 Å². The molecule has 1 saturated carbocycles. The van der Waals surface area contributed by atoms with Crippen molar-refractivity contribution in [2.24, 2.45) is 20.0 Å². The zero-order valence-electron chi connectivity index (χ0n) is 43.6. The Balaban J connectivity index is 0.000000145. The van der Waals surface area contributed by atoms with Crippen molar-refractivity contribution in [3.63, 3.8) is 0 Å². The number of aliphatic hydroxyl groups excluding tert-OH is 2. The second-order valence-electron chi connectivity index (χ2n) is 20.5. The van der Waals surface area contributed by atoms with Crippen LogP contribution in [0.15, 0.2) is 110 Å². The van der Waals surface area contributed by atoms with Gasteiger partial charge in [0, 0.05) is 85.6 Å². The van der Waals surface area contributed by atoms with E-state index in [0.29, 0.717) is 48.3 Å². The third-order valence-corrected chi connectivity index (χ3v) is 16.7. The van der Waals surface area contributed by atoms with Gasteiger partial charge in [-0.25, -0.2) is 19.0 Å². The molecule has 2 aromatic carbocycles. The maximum absolute atomic E-state index is 11.7. The lowest BCUT2D eigenvalue weighted by molar-refractivity contribution is -0.0157. The minimum atomic E-state index is -0.500. The second kappa shape index (κ2) is 25.1. The molecule has 6 aliphatic rings. The van der Waals surface area contributed by atoms with Crippen molar-refractivity contribution in [3.8, 4) is 0 Å². The summed E-state index contributed by atoms with van der Waals surface area (Å²) in [5, 5.41) is 39.3. The number of nitrogens with zero attached hydrogens (tertiary/aromatic N) is 13. The van der Waals surface area contributed by atoms with Crippen molar-refractivity contribution in [1.82, 2.24) is 39.0 Å². The van der Waals surface area contributed by atoms with Gasteiger partial charge in [-0.2, -0.15) is 9.97 Å². The molecule has 0 radical (unpaired) electrons. The third kappa shape index (κ3) is 13.2. The Hall–Kier alpha value is -5.42. The average molecular weight is 1150 g/mol. The van der Waals surface area contributed by atoms with Gasteiger partial charge in [-0.15, -0.1) is 10.2 Å². The first-order chi connectivity index (χ1) is 37.4. The van der Waals surface area contributed by atoms with Crippen LogP contribution in [-0.2, 0) is 20.3 Å². The molecule has 0 amide bonds. The van der Waals surface area contributed by atoms with Crippen LogP contribution in [0.3, 0.4) is 0 Å². The van der Waals surface area contributed by atoms with Gasteiger partial charge in [0.25, 0.3) is 0 Å². The number of anilines is 3. The van der Waals surface area contributed by atoms with Crippen molar-refractivity contribution in [2.75, 3.05) is 94.3 Å². The highest BCUT2D eigenvalue weighted by Gasteiger charge is 2.44. The van der Waals surface area contributed by atoms with Crippen LogP contribution in [0, 0.1) is 0 Å².